The first-order valence-corrected chi connectivity index (χ1v) is 8.37. The van der Waals surface area contributed by atoms with E-state index in [4.69, 9.17) is 14.2 Å². The molecule has 1 heterocycles. The average molecular weight is 461 g/mol. The van der Waals surface area contributed by atoms with Crippen LogP contribution in [0.3, 0.4) is 0 Å². The van der Waals surface area contributed by atoms with Crippen molar-refractivity contribution in [2.75, 3.05) is 40.1 Å². The van der Waals surface area contributed by atoms with E-state index in [2.05, 4.69) is 28.7 Å². The number of aliphatic imine (C=N–C) groups is 1. The highest BCUT2D eigenvalue weighted by molar-refractivity contribution is 14.0. The smallest absolute Gasteiger partial charge is 0.231 e. The van der Waals surface area contributed by atoms with Crippen molar-refractivity contribution in [2.45, 2.75) is 19.8 Å². The summed E-state index contributed by atoms with van der Waals surface area (Å²) in [5.74, 6) is 3.15. The topological polar surface area (TPSA) is 55.3 Å². The summed E-state index contributed by atoms with van der Waals surface area (Å²) in [5, 5.41) is 3.30. The molecule has 140 valence electrons. The Balaban J connectivity index is 0.00000312. The van der Waals surface area contributed by atoms with Crippen molar-refractivity contribution in [3.8, 4) is 17.2 Å². The molecule has 1 aliphatic rings. The van der Waals surface area contributed by atoms with E-state index in [9.17, 15) is 0 Å². The summed E-state index contributed by atoms with van der Waals surface area (Å²) in [4.78, 5) is 6.74. The van der Waals surface area contributed by atoms with Crippen molar-refractivity contribution in [3.05, 3.63) is 30.9 Å². The summed E-state index contributed by atoms with van der Waals surface area (Å²) in [6.07, 6.45) is 4.02. The number of nitrogens with zero attached hydrogens (tertiary/aromatic N) is 2. The SMILES string of the molecule is C=CCCCN(C)C(=NCCOc1ccc2c(c1)OCO2)NCC.I. The van der Waals surface area contributed by atoms with Gasteiger partial charge >= 0.3 is 0 Å². The molecule has 0 aromatic heterocycles. The van der Waals surface area contributed by atoms with Gasteiger partial charge in [-0.2, -0.15) is 0 Å². The maximum Gasteiger partial charge on any atom is 0.231 e. The summed E-state index contributed by atoms with van der Waals surface area (Å²) in [5.41, 5.74) is 0. The average Bonchev–Trinajstić information content (AvgIpc) is 3.05. The molecule has 1 aromatic rings. The van der Waals surface area contributed by atoms with Crippen LogP contribution in [0.1, 0.15) is 19.8 Å². The van der Waals surface area contributed by atoms with Gasteiger partial charge in [-0.25, -0.2) is 4.99 Å². The minimum Gasteiger partial charge on any atom is -0.492 e. The number of benzene rings is 1. The van der Waals surface area contributed by atoms with Gasteiger partial charge in [-0.3, -0.25) is 0 Å². The van der Waals surface area contributed by atoms with Gasteiger partial charge in [0, 0.05) is 26.2 Å². The molecule has 7 heteroatoms. The van der Waals surface area contributed by atoms with Crippen LogP contribution in [-0.4, -0.2) is 50.9 Å². The number of unbranched alkanes of at least 4 members (excludes halogenated alkanes) is 1. The van der Waals surface area contributed by atoms with Crippen LogP contribution in [0.5, 0.6) is 17.2 Å². The molecule has 1 aliphatic heterocycles. The van der Waals surface area contributed by atoms with Gasteiger partial charge in [0.25, 0.3) is 0 Å². The van der Waals surface area contributed by atoms with Crippen molar-refractivity contribution in [3.63, 3.8) is 0 Å². The van der Waals surface area contributed by atoms with E-state index in [0.29, 0.717) is 13.2 Å². The summed E-state index contributed by atoms with van der Waals surface area (Å²) in [6, 6.07) is 5.58. The number of nitrogens with one attached hydrogen (secondary N) is 1. The molecule has 0 amide bonds. The lowest BCUT2D eigenvalue weighted by Crippen LogP contribution is -2.39. The van der Waals surface area contributed by atoms with E-state index in [1.165, 1.54) is 0 Å². The zero-order valence-corrected chi connectivity index (χ0v) is 17.3. The van der Waals surface area contributed by atoms with Gasteiger partial charge in [0.15, 0.2) is 17.5 Å². The van der Waals surface area contributed by atoms with E-state index < -0.39 is 0 Å². The largest absolute Gasteiger partial charge is 0.492 e. The van der Waals surface area contributed by atoms with E-state index >= 15 is 0 Å². The summed E-state index contributed by atoms with van der Waals surface area (Å²) in [6.45, 7) is 8.97. The second-order valence-corrected chi connectivity index (χ2v) is 5.45. The second-order valence-electron chi connectivity index (χ2n) is 5.45. The Hall–Kier alpha value is -1.64. The lowest BCUT2D eigenvalue weighted by Gasteiger charge is -2.21. The molecule has 0 saturated heterocycles. The van der Waals surface area contributed by atoms with Gasteiger partial charge in [0.2, 0.25) is 6.79 Å². The normalized spacial score (nSPS) is 12.3. The third-order valence-electron chi connectivity index (χ3n) is 3.56. The lowest BCUT2D eigenvalue weighted by atomic mass is 10.3. The molecule has 2 rings (SSSR count). The van der Waals surface area contributed by atoms with Crippen molar-refractivity contribution in [1.82, 2.24) is 10.2 Å². The molecular formula is C18H28IN3O3. The monoisotopic (exact) mass is 461 g/mol. The Morgan fingerprint density at radius 2 is 2.20 bits per heavy atom. The third-order valence-corrected chi connectivity index (χ3v) is 3.56. The van der Waals surface area contributed by atoms with Crippen LogP contribution in [0.2, 0.25) is 0 Å². The number of allylic oxidation sites excluding steroid dienone is 1. The highest BCUT2D eigenvalue weighted by Gasteiger charge is 2.13. The molecule has 0 fully saturated rings. The first-order valence-electron chi connectivity index (χ1n) is 8.37. The Labute approximate surface area is 167 Å². The van der Waals surface area contributed by atoms with Gasteiger partial charge in [-0.15, -0.1) is 30.6 Å². The van der Waals surface area contributed by atoms with Gasteiger partial charge < -0.3 is 24.4 Å². The van der Waals surface area contributed by atoms with Gasteiger partial charge in [-0.1, -0.05) is 6.08 Å². The Morgan fingerprint density at radius 1 is 1.40 bits per heavy atom. The van der Waals surface area contributed by atoms with E-state index in [0.717, 1.165) is 49.1 Å². The van der Waals surface area contributed by atoms with Crippen molar-refractivity contribution in [2.24, 2.45) is 4.99 Å². The quantitative estimate of drug-likeness (QED) is 0.201. The number of hydrogen-bond donors (Lipinski definition) is 1. The summed E-state index contributed by atoms with van der Waals surface area (Å²) >= 11 is 0. The number of guanidine groups is 1. The second kappa shape index (κ2) is 11.8. The molecule has 1 aromatic carbocycles. The van der Waals surface area contributed by atoms with Crippen molar-refractivity contribution in [1.29, 1.82) is 0 Å². The third kappa shape index (κ3) is 7.01. The summed E-state index contributed by atoms with van der Waals surface area (Å²) in [7, 11) is 2.04. The minimum atomic E-state index is 0. The zero-order chi connectivity index (χ0) is 17.2. The van der Waals surface area contributed by atoms with E-state index in [1.54, 1.807) is 0 Å². The molecular weight excluding hydrogens is 433 g/mol. The molecule has 0 bridgehead atoms. The fraction of sp³-hybridized carbons (Fsp3) is 0.500. The Kier molecular flexibility index (Phi) is 10.1. The molecule has 0 aliphatic carbocycles. The molecule has 0 radical (unpaired) electrons. The predicted molar refractivity (Wildman–Crippen MR) is 112 cm³/mol. The van der Waals surface area contributed by atoms with E-state index in [-0.39, 0.29) is 30.8 Å². The maximum atomic E-state index is 5.74. The number of hydrogen-bond acceptors (Lipinski definition) is 4. The highest BCUT2D eigenvalue weighted by Crippen LogP contribution is 2.34. The fourth-order valence-electron chi connectivity index (χ4n) is 2.33. The number of fused-ring (bicyclic) bond motifs is 1. The van der Waals surface area contributed by atoms with Crippen LogP contribution in [0.15, 0.2) is 35.8 Å². The van der Waals surface area contributed by atoms with Gasteiger partial charge in [0.05, 0.1) is 6.54 Å². The summed E-state index contributed by atoms with van der Waals surface area (Å²) < 4.78 is 16.4. The van der Waals surface area contributed by atoms with Crippen molar-refractivity contribution < 1.29 is 14.2 Å². The van der Waals surface area contributed by atoms with Gasteiger partial charge in [-0.05, 0) is 31.9 Å². The van der Waals surface area contributed by atoms with Crippen LogP contribution in [-0.2, 0) is 0 Å². The van der Waals surface area contributed by atoms with Crippen LogP contribution < -0.4 is 19.5 Å². The molecule has 1 N–H and O–H groups in total. The maximum absolute atomic E-state index is 5.74. The molecule has 0 spiro atoms. The Bertz CT molecular complexity index is 566. The zero-order valence-electron chi connectivity index (χ0n) is 15.0. The van der Waals surface area contributed by atoms with Crippen LogP contribution >= 0.6 is 24.0 Å². The first kappa shape index (κ1) is 21.4. The van der Waals surface area contributed by atoms with Crippen LogP contribution in [0.25, 0.3) is 0 Å². The van der Waals surface area contributed by atoms with Crippen LogP contribution in [0.4, 0.5) is 0 Å². The standard InChI is InChI=1S/C18H27N3O3.HI/c1-4-6-7-11-21(3)18(19-5-2)20-10-12-22-15-8-9-16-17(13-15)24-14-23-16;/h4,8-9,13H,1,5-7,10-12,14H2,2-3H3,(H,19,20);1H. The number of ether oxygens (including phenoxy) is 3. The lowest BCUT2D eigenvalue weighted by molar-refractivity contribution is 0.174. The fourth-order valence-corrected chi connectivity index (χ4v) is 2.33. The Morgan fingerprint density at radius 3 is 2.96 bits per heavy atom. The molecule has 0 unspecified atom stereocenters. The first-order chi connectivity index (χ1) is 11.7. The number of halogens is 1. The highest BCUT2D eigenvalue weighted by atomic mass is 127. The van der Waals surface area contributed by atoms with Crippen LogP contribution in [0, 0.1) is 0 Å². The van der Waals surface area contributed by atoms with Crippen molar-refractivity contribution >= 4 is 29.9 Å². The molecule has 25 heavy (non-hydrogen) atoms. The molecule has 6 nitrogen and oxygen atoms in total. The minimum absolute atomic E-state index is 0. The predicted octanol–water partition coefficient (Wildman–Crippen LogP) is 3.28. The van der Waals surface area contributed by atoms with Gasteiger partial charge in [0.1, 0.15) is 12.4 Å². The molecule has 0 atom stereocenters. The molecule has 0 saturated carbocycles. The number of rotatable bonds is 9. The van der Waals surface area contributed by atoms with E-state index in [1.807, 2.05) is 31.3 Å².